The number of benzene rings is 1. The summed E-state index contributed by atoms with van der Waals surface area (Å²) in [5.74, 6) is 0.575. The first kappa shape index (κ1) is 23.1. The number of halogens is 3. The minimum absolute atomic E-state index is 0. The standard InChI is InChI=1S/C18H26BrFN4O.HI/c1-4-21-18(22-10-13-9-14(19)5-6-16(13)20)23-15-7-8-24(11-15)17(25)12(2)3;/h5-6,9,12,15H,4,7-8,10-11H2,1-3H3,(H2,21,22,23);1H. The summed E-state index contributed by atoms with van der Waals surface area (Å²) in [5.41, 5.74) is 0.537. The second-order valence-corrected chi connectivity index (χ2v) is 7.42. The monoisotopic (exact) mass is 540 g/mol. The van der Waals surface area contributed by atoms with Gasteiger partial charge in [0, 0.05) is 41.6 Å². The minimum atomic E-state index is -0.266. The molecule has 1 aromatic carbocycles. The fourth-order valence-corrected chi connectivity index (χ4v) is 3.19. The van der Waals surface area contributed by atoms with Crippen molar-refractivity contribution in [1.82, 2.24) is 15.5 Å². The molecule has 5 nitrogen and oxygen atoms in total. The smallest absolute Gasteiger partial charge is 0.225 e. The van der Waals surface area contributed by atoms with E-state index in [1.807, 2.05) is 25.7 Å². The molecular weight excluding hydrogens is 514 g/mol. The van der Waals surface area contributed by atoms with Crippen LogP contribution in [-0.2, 0) is 11.3 Å². The van der Waals surface area contributed by atoms with Gasteiger partial charge in [-0.3, -0.25) is 4.79 Å². The summed E-state index contributed by atoms with van der Waals surface area (Å²) in [7, 11) is 0. The first-order chi connectivity index (χ1) is 11.9. The molecule has 8 heteroatoms. The summed E-state index contributed by atoms with van der Waals surface area (Å²) in [5, 5.41) is 6.54. The van der Waals surface area contributed by atoms with E-state index in [9.17, 15) is 9.18 Å². The number of amides is 1. The zero-order valence-corrected chi connectivity index (χ0v) is 19.3. The molecule has 0 bridgehead atoms. The Balaban J connectivity index is 0.00000338. The second kappa shape index (κ2) is 11.1. The van der Waals surface area contributed by atoms with E-state index >= 15 is 0 Å². The predicted octanol–water partition coefficient (Wildman–Crippen LogP) is 3.52. The molecule has 2 rings (SSSR count). The highest BCUT2D eigenvalue weighted by Crippen LogP contribution is 2.16. The third-order valence-electron chi connectivity index (χ3n) is 4.09. The maximum atomic E-state index is 13.9. The van der Waals surface area contributed by atoms with Gasteiger partial charge < -0.3 is 15.5 Å². The summed E-state index contributed by atoms with van der Waals surface area (Å²) in [4.78, 5) is 18.5. The van der Waals surface area contributed by atoms with Gasteiger partial charge in [0.15, 0.2) is 5.96 Å². The van der Waals surface area contributed by atoms with Gasteiger partial charge in [-0.15, -0.1) is 24.0 Å². The maximum absolute atomic E-state index is 13.9. The molecule has 1 saturated heterocycles. The molecule has 1 aliphatic heterocycles. The van der Waals surface area contributed by atoms with Crippen LogP contribution in [0.1, 0.15) is 32.8 Å². The fourth-order valence-electron chi connectivity index (χ4n) is 2.79. The van der Waals surface area contributed by atoms with Crippen LogP contribution in [0.2, 0.25) is 0 Å². The summed E-state index contributed by atoms with van der Waals surface area (Å²) in [6, 6.07) is 5.00. The molecule has 0 aromatic heterocycles. The van der Waals surface area contributed by atoms with Crippen LogP contribution in [0.25, 0.3) is 0 Å². The van der Waals surface area contributed by atoms with Gasteiger partial charge in [0.25, 0.3) is 0 Å². The van der Waals surface area contributed by atoms with Gasteiger partial charge in [0.05, 0.1) is 6.54 Å². The van der Waals surface area contributed by atoms with E-state index in [1.165, 1.54) is 6.07 Å². The van der Waals surface area contributed by atoms with E-state index in [0.29, 0.717) is 24.6 Å². The number of hydrogen-bond acceptors (Lipinski definition) is 2. The Bertz CT molecular complexity index is 642. The highest BCUT2D eigenvalue weighted by molar-refractivity contribution is 14.0. The van der Waals surface area contributed by atoms with Gasteiger partial charge in [-0.1, -0.05) is 29.8 Å². The van der Waals surface area contributed by atoms with Crippen molar-refractivity contribution in [1.29, 1.82) is 0 Å². The van der Waals surface area contributed by atoms with Crippen LogP contribution in [0.15, 0.2) is 27.7 Å². The summed E-state index contributed by atoms with van der Waals surface area (Å²) in [6.45, 7) is 8.22. The normalized spacial score (nSPS) is 17.2. The molecule has 0 radical (unpaired) electrons. The summed E-state index contributed by atoms with van der Waals surface area (Å²) in [6.07, 6.45) is 0.883. The topological polar surface area (TPSA) is 56.7 Å². The number of aliphatic imine (C=N–C) groups is 1. The fraction of sp³-hybridized carbons (Fsp3) is 0.556. The zero-order valence-electron chi connectivity index (χ0n) is 15.4. The Morgan fingerprint density at radius 1 is 1.46 bits per heavy atom. The molecule has 26 heavy (non-hydrogen) atoms. The van der Waals surface area contributed by atoms with E-state index in [4.69, 9.17) is 0 Å². The van der Waals surface area contributed by atoms with E-state index in [2.05, 4.69) is 31.6 Å². The molecule has 2 N–H and O–H groups in total. The van der Waals surface area contributed by atoms with E-state index in [1.54, 1.807) is 12.1 Å². The SMILES string of the molecule is CCNC(=NCc1cc(Br)ccc1F)NC1CCN(C(=O)C(C)C)C1.I. The Labute approximate surface area is 180 Å². The third-order valence-corrected chi connectivity index (χ3v) is 4.59. The van der Waals surface area contributed by atoms with Crippen LogP contribution < -0.4 is 10.6 Å². The number of guanidine groups is 1. The Kier molecular flexibility index (Phi) is 9.84. The van der Waals surface area contributed by atoms with Crippen molar-refractivity contribution in [3.05, 3.63) is 34.1 Å². The average Bonchev–Trinajstić information content (AvgIpc) is 3.03. The Hall–Kier alpha value is -0.900. The number of carbonyl (C=O) groups excluding carboxylic acids is 1. The number of nitrogens with zero attached hydrogens (tertiary/aromatic N) is 2. The van der Waals surface area contributed by atoms with Gasteiger partial charge in [-0.25, -0.2) is 9.38 Å². The number of likely N-dealkylation sites (tertiary alicyclic amines) is 1. The quantitative estimate of drug-likeness (QED) is 0.341. The molecule has 146 valence electrons. The lowest BCUT2D eigenvalue weighted by molar-refractivity contribution is -0.133. The highest BCUT2D eigenvalue weighted by atomic mass is 127. The molecule has 0 saturated carbocycles. The molecule has 1 atom stereocenters. The van der Waals surface area contributed by atoms with Crippen molar-refractivity contribution in [2.24, 2.45) is 10.9 Å². The highest BCUT2D eigenvalue weighted by Gasteiger charge is 2.27. The van der Waals surface area contributed by atoms with Crippen molar-refractivity contribution >= 4 is 51.8 Å². The average molecular weight is 541 g/mol. The molecule has 0 aliphatic carbocycles. The molecule has 0 spiro atoms. The van der Waals surface area contributed by atoms with Crippen molar-refractivity contribution in [3.8, 4) is 0 Å². The van der Waals surface area contributed by atoms with Gasteiger partial charge in [0.1, 0.15) is 5.82 Å². The van der Waals surface area contributed by atoms with Crippen LogP contribution in [0.5, 0.6) is 0 Å². The number of rotatable bonds is 5. The lowest BCUT2D eigenvalue weighted by Gasteiger charge is -2.20. The second-order valence-electron chi connectivity index (χ2n) is 6.50. The van der Waals surface area contributed by atoms with Crippen molar-refractivity contribution in [2.45, 2.75) is 39.8 Å². The van der Waals surface area contributed by atoms with Crippen LogP contribution in [-0.4, -0.2) is 42.4 Å². The molecule has 1 aromatic rings. The Morgan fingerprint density at radius 2 is 2.19 bits per heavy atom. The predicted molar refractivity (Wildman–Crippen MR) is 117 cm³/mol. The molecule has 1 fully saturated rings. The van der Waals surface area contributed by atoms with E-state index < -0.39 is 0 Å². The van der Waals surface area contributed by atoms with E-state index in [0.717, 1.165) is 17.4 Å². The van der Waals surface area contributed by atoms with Crippen LogP contribution in [0.4, 0.5) is 4.39 Å². The molecule has 1 unspecified atom stereocenters. The number of hydrogen-bond donors (Lipinski definition) is 2. The Morgan fingerprint density at radius 3 is 2.85 bits per heavy atom. The van der Waals surface area contributed by atoms with Crippen LogP contribution in [0.3, 0.4) is 0 Å². The lowest BCUT2D eigenvalue weighted by atomic mass is 10.2. The molecule has 1 aliphatic rings. The molecular formula is C18H27BrFIN4O. The van der Waals surface area contributed by atoms with Crippen LogP contribution >= 0.6 is 39.9 Å². The van der Waals surface area contributed by atoms with Crippen LogP contribution in [0, 0.1) is 11.7 Å². The van der Waals surface area contributed by atoms with Crippen molar-refractivity contribution < 1.29 is 9.18 Å². The van der Waals surface area contributed by atoms with Gasteiger partial charge in [0.2, 0.25) is 5.91 Å². The largest absolute Gasteiger partial charge is 0.357 e. The summed E-state index contributed by atoms with van der Waals surface area (Å²) < 4.78 is 14.7. The minimum Gasteiger partial charge on any atom is -0.357 e. The van der Waals surface area contributed by atoms with Gasteiger partial charge >= 0.3 is 0 Å². The first-order valence-corrected chi connectivity index (χ1v) is 9.47. The first-order valence-electron chi connectivity index (χ1n) is 8.68. The van der Waals surface area contributed by atoms with Gasteiger partial charge in [-0.2, -0.15) is 0 Å². The van der Waals surface area contributed by atoms with Gasteiger partial charge in [-0.05, 0) is 31.5 Å². The third kappa shape index (κ3) is 6.68. The van der Waals surface area contributed by atoms with Crippen molar-refractivity contribution in [3.63, 3.8) is 0 Å². The maximum Gasteiger partial charge on any atom is 0.225 e. The molecule has 1 heterocycles. The summed E-state index contributed by atoms with van der Waals surface area (Å²) >= 11 is 3.35. The number of carbonyl (C=O) groups is 1. The zero-order chi connectivity index (χ0) is 18.4. The van der Waals surface area contributed by atoms with E-state index in [-0.39, 0.29) is 54.2 Å². The van der Waals surface area contributed by atoms with Crippen molar-refractivity contribution in [2.75, 3.05) is 19.6 Å². The molecule has 1 amide bonds. The lowest BCUT2D eigenvalue weighted by Crippen LogP contribution is -2.45. The number of nitrogens with one attached hydrogen (secondary N) is 2.